The van der Waals surface area contributed by atoms with Gasteiger partial charge in [0.1, 0.15) is 13.2 Å². The molecule has 1 unspecified atom stereocenters. The van der Waals surface area contributed by atoms with Crippen LogP contribution in [-0.2, 0) is 28.6 Å². The van der Waals surface area contributed by atoms with Gasteiger partial charge in [-0.1, -0.05) is 295 Å². The van der Waals surface area contributed by atoms with Crippen molar-refractivity contribution in [1.82, 2.24) is 0 Å². The first-order valence-electron chi connectivity index (χ1n) is 34.3. The van der Waals surface area contributed by atoms with Crippen LogP contribution in [0.15, 0.2) is 146 Å². The molecule has 6 nitrogen and oxygen atoms in total. The van der Waals surface area contributed by atoms with Gasteiger partial charge >= 0.3 is 17.9 Å². The zero-order chi connectivity index (χ0) is 59.9. The molecule has 0 aliphatic heterocycles. The van der Waals surface area contributed by atoms with Crippen molar-refractivity contribution < 1.29 is 28.6 Å². The van der Waals surface area contributed by atoms with Crippen molar-refractivity contribution in [3.05, 3.63) is 146 Å². The summed E-state index contributed by atoms with van der Waals surface area (Å²) in [7, 11) is 0. The molecule has 0 N–H and O–H groups in total. The number of carbonyl (C=O) groups excluding carboxylic acids is 3. The van der Waals surface area contributed by atoms with Gasteiger partial charge in [0, 0.05) is 19.3 Å². The molecular formula is C77H126O6. The Balaban J connectivity index is 4.51. The summed E-state index contributed by atoms with van der Waals surface area (Å²) in [5.74, 6) is -0.978. The van der Waals surface area contributed by atoms with E-state index in [1.807, 2.05) is 0 Å². The van der Waals surface area contributed by atoms with Crippen molar-refractivity contribution in [2.45, 2.75) is 309 Å². The van der Waals surface area contributed by atoms with Gasteiger partial charge in [0.15, 0.2) is 6.10 Å². The Bertz CT molecular complexity index is 1800. The van der Waals surface area contributed by atoms with Crippen LogP contribution in [0, 0.1) is 0 Å². The van der Waals surface area contributed by atoms with E-state index in [0.29, 0.717) is 19.3 Å². The van der Waals surface area contributed by atoms with Crippen molar-refractivity contribution in [2.24, 2.45) is 0 Å². The highest BCUT2D eigenvalue weighted by Crippen LogP contribution is 2.16. The highest BCUT2D eigenvalue weighted by molar-refractivity contribution is 5.71. The van der Waals surface area contributed by atoms with E-state index in [9.17, 15) is 14.4 Å². The van der Waals surface area contributed by atoms with Crippen LogP contribution in [0.25, 0.3) is 0 Å². The smallest absolute Gasteiger partial charge is 0.306 e. The molecular weight excluding hydrogens is 1020 g/mol. The fraction of sp³-hybridized carbons (Fsp3) is 0.649. The van der Waals surface area contributed by atoms with Gasteiger partial charge in [0.2, 0.25) is 0 Å². The van der Waals surface area contributed by atoms with E-state index < -0.39 is 6.10 Å². The van der Waals surface area contributed by atoms with Crippen molar-refractivity contribution in [1.29, 1.82) is 0 Å². The SMILES string of the molecule is CC/C=C\C/C=C\C/C=C\C/C=C\C/C=C\C/C=C\C/C=C\CCCC(=O)OCC(COC(=O)CCCCCCCC/C=C\C/C=C\C/C=C\C/C=C\CC)OC(=O)CCCCCCCCCCCCC/C=C\CCCCCCCCCC. The van der Waals surface area contributed by atoms with Gasteiger partial charge in [0.05, 0.1) is 0 Å². The summed E-state index contributed by atoms with van der Waals surface area (Å²) in [6.07, 6.45) is 100. The fourth-order valence-electron chi connectivity index (χ4n) is 9.24. The van der Waals surface area contributed by atoms with E-state index in [0.717, 1.165) is 128 Å². The number of carbonyl (C=O) groups is 3. The van der Waals surface area contributed by atoms with E-state index in [1.54, 1.807) is 0 Å². The number of hydrogen-bond donors (Lipinski definition) is 0. The van der Waals surface area contributed by atoms with E-state index >= 15 is 0 Å². The predicted octanol–water partition coefficient (Wildman–Crippen LogP) is 23.9. The van der Waals surface area contributed by atoms with Crippen LogP contribution < -0.4 is 0 Å². The molecule has 0 amide bonds. The Labute approximate surface area is 512 Å². The molecule has 0 bridgehead atoms. The molecule has 470 valence electrons. The fourth-order valence-corrected chi connectivity index (χ4v) is 9.24. The van der Waals surface area contributed by atoms with Crippen LogP contribution in [0.4, 0.5) is 0 Å². The molecule has 0 saturated heterocycles. The molecule has 1 atom stereocenters. The first-order valence-corrected chi connectivity index (χ1v) is 34.3. The number of unbranched alkanes of at least 4 members (excludes halogenated alkanes) is 26. The van der Waals surface area contributed by atoms with E-state index in [-0.39, 0.29) is 37.5 Å². The summed E-state index contributed by atoms with van der Waals surface area (Å²) in [5, 5.41) is 0. The zero-order valence-corrected chi connectivity index (χ0v) is 53.9. The van der Waals surface area contributed by atoms with Crippen molar-refractivity contribution in [2.75, 3.05) is 13.2 Å². The standard InChI is InChI=1S/C77H126O6/c1-4-7-10-13-16-19-22-25-28-31-34-36-38-40-43-46-49-52-55-58-61-64-67-70-76(79)82-73-74(72-81-75(78)69-66-63-60-57-54-51-48-45-42-33-30-27-24-21-18-15-12-9-6-3)83-77(80)71-68-65-62-59-56-53-50-47-44-41-39-37-35-32-29-26-23-20-17-14-11-8-5-2/h7,9-10,12,16,18-19,21,25,27-28,30,32,34-36,40,42-43,45,49,52,58,61,74H,4-6,8,11,13-15,17,20,22-24,26,29,31,33,37-39,41,44,46-48,50-51,53-57,59-60,62-73H2,1-3H3/b10-7-,12-9-,19-16-,21-18-,28-25-,30-27-,35-32-,36-34-,43-40-,45-42-,52-49-,61-58-. The zero-order valence-electron chi connectivity index (χ0n) is 53.9. The summed E-state index contributed by atoms with van der Waals surface area (Å²) >= 11 is 0. The Morgan fingerprint density at radius 2 is 0.482 bits per heavy atom. The average molecular weight is 1150 g/mol. The number of esters is 3. The van der Waals surface area contributed by atoms with Crippen LogP contribution in [0.1, 0.15) is 303 Å². The molecule has 0 saturated carbocycles. The molecule has 0 fully saturated rings. The molecule has 6 heteroatoms. The lowest BCUT2D eigenvalue weighted by Crippen LogP contribution is -2.30. The maximum atomic E-state index is 13.0. The summed E-state index contributed by atoms with van der Waals surface area (Å²) in [4.78, 5) is 38.4. The molecule has 0 spiro atoms. The molecule has 83 heavy (non-hydrogen) atoms. The van der Waals surface area contributed by atoms with Gasteiger partial charge in [-0.2, -0.15) is 0 Å². The van der Waals surface area contributed by atoms with Crippen LogP contribution in [0.3, 0.4) is 0 Å². The van der Waals surface area contributed by atoms with E-state index in [1.165, 1.54) is 128 Å². The van der Waals surface area contributed by atoms with Gasteiger partial charge in [-0.25, -0.2) is 0 Å². The van der Waals surface area contributed by atoms with Gasteiger partial charge < -0.3 is 14.2 Å². The second kappa shape index (κ2) is 69.8. The second-order valence-corrected chi connectivity index (χ2v) is 22.3. The molecule has 0 rings (SSSR count). The first kappa shape index (κ1) is 78.3. The number of hydrogen-bond acceptors (Lipinski definition) is 6. The van der Waals surface area contributed by atoms with Gasteiger partial charge in [-0.05, 0) is 135 Å². The van der Waals surface area contributed by atoms with E-state index in [4.69, 9.17) is 14.2 Å². The minimum atomic E-state index is -0.817. The average Bonchev–Trinajstić information content (AvgIpc) is 3.49. The lowest BCUT2D eigenvalue weighted by molar-refractivity contribution is -0.167. The van der Waals surface area contributed by atoms with Crippen molar-refractivity contribution >= 4 is 17.9 Å². The highest BCUT2D eigenvalue weighted by atomic mass is 16.6. The Kier molecular flexibility index (Phi) is 65.8. The number of rotatable bonds is 61. The van der Waals surface area contributed by atoms with Crippen LogP contribution in [0.2, 0.25) is 0 Å². The quantitative estimate of drug-likeness (QED) is 0.0261. The largest absolute Gasteiger partial charge is 0.462 e. The lowest BCUT2D eigenvalue weighted by Gasteiger charge is -2.18. The maximum Gasteiger partial charge on any atom is 0.306 e. The van der Waals surface area contributed by atoms with Gasteiger partial charge in [-0.15, -0.1) is 0 Å². The minimum Gasteiger partial charge on any atom is -0.462 e. The molecule has 0 radical (unpaired) electrons. The Morgan fingerprint density at radius 1 is 0.253 bits per heavy atom. The van der Waals surface area contributed by atoms with Crippen molar-refractivity contribution in [3.63, 3.8) is 0 Å². The van der Waals surface area contributed by atoms with Crippen molar-refractivity contribution in [3.8, 4) is 0 Å². The predicted molar refractivity (Wildman–Crippen MR) is 362 cm³/mol. The van der Waals surface area contributed by atoms with Gasteiger partial charge in [0.25, 0.3) is 0 Å². The third-order valence-corrected chi connectivity index (χ3v) is 14.3. The maximum absolute atomic E-state index is 13.0. The molecule has 0 aliphatic carbocycles. The van der Waals surface area contributed by atoms with Crippen LogP contribution in [-0.4, -0.2) is 37.2 Å². The van der Waals surface area contributed by atoms with E-state index in [2.05, 4.69) is 167 Å². The summed E-state index contributed by atoms with van der Waals surface area (Å²) < 4.78 is 16.9. The molecule has 0 aromatic carbocycles. The summed E-state index contributed by atoms with van der Waals surface area (Å²) in [5.41, 5.74) is 0. The molecule has 0 aromatic heterocycles. The molecule has 0 aromatic rings. The second-order valence-electron chi connectivity index (χ2n) is 22.3. The monoisotopic (exact) mass is 1150 g/mol. The number of allylic oxidation sites excluding steroid dienone is 24. The normalized spacial score (nSPS) is 13.0. The Hall–Kier alpha value is -4.71. The van der Waals surface area contributed by atoms with Gasteiger partial charge in [-0.3, -0.25) is 14.4 Å². The summed E-state index contributed by atoms with van der Waals surface area (Å²) in [6.45, 7) is 6.37. The lowest BCUT2D eigenvalue weighted by atomic mass is 10.0. The Morgan fingerprint density at radius 3 is 0.795 bits per heavy atom. The highest BCUT2D eigenvalue weighted by Gasteiger charge is 2.19. The molecule has 0 heterocycles. The molecule has 0 aliphatic rings. The minimum absolute atomic E-state index is 0.108. The third kappa shape index (κ3) is 68.0. The third-order valence-electron chi connectivity index (χ3n) is 14.3. The van der Waals surface area contributed by atoms with Crippen LogP contribution >= 0.6 is 0 Å². The first-order chi connectivity index (χ1) is 41.0. The van der Waals surface area contributed by atoms with Crippen LogP contribution in [0.5, 0.6) is 0 Å². The topological polar surface area (TPSA) is 78.9 Å². The summed E-state index contributed by atoms with van der Waals surface area (Å²) in [6, 6.07) is 0. The number of ether oxygens (including phenoxy) is 3.